The van der Waals surface area contributed by atoms with Crippen LogP contribution in [-0.2, 0) is 0 Å². The Morgan fingerprint density at radius 2 is 1.92 bits per heavy atom. The van der Waals surface area contributed by atoms with Gasteiger partial charge < -0.3 is 5.73 Å². The largest absolute Gasteiger partial charge is 0.399 e. The summed E-state index contributed by atoms with van der Waals surface area (Å²) in [7, 11) is 0. The van der Waals surface area contributed by atoms with Crippen LogP contribution < -0.4 is 5.73 Å². The van der Waals surface area contributed by atoms with E-state index < -0.39 is 0 Å². The van der Waals surface area contributed by atoms with E-state index >= 15 is 0 Å². The van der Waals surface area contributed by atoms with Crippen molar-refractivity contribution in [2.24, 2.45) is 0 Å². The highest BCUT2D eigenvalue weighted by Gasteiger charge is 2.08. The molecule has 1 nitrogen and oxygen atoms in total. The van der Waals surface area contributed by atoms with E-state index in [-0.39, 0.29) is 0 Å². The van der Waals surface area contributed by atoms with Crippen LogP contribution in [0.15, 0.2) is 24.3 Å². The number of rotatable bonds is 4. The van der Waals surface area contributed by atoms with Crippen LogP contribution >= 0.6 is 11.6 Å². The van der Waals surface area contributed by atoms with Crippen LogP contribution in [0.4, 0.5) is 5.69 Å². The number of hydrogen-bond donors (Lipinski definition) is 1. The number of anilines is 1. The van der Waals surface area contributed by atoms with Crippen molar-refractivity contribution in [3.8, 4) is 0 Å². The highest BCUT2D eigenvalue weighted by atomic mass is 35.5. The van der Waals surface area contributed by atoms with Gasteiger partial charge >= 0.3 is 0 Å². The van der Waals surface area contributed by atoms with E-state index in [1.165, 1.54) is 12.0 Å². The summed E-state index contributed by atoms with van der Waals surface area (Å²) in [5, 5.41) is 0. The smallest absolute Gasteiger partial charge is 0.0314 e. The van der Waals surface area contributed by atoms with Gasteiger partial charge in [0.05, 0.1) is 0 Å². The first-order chi connectivity index (χ1) is 6.27. The minimum atomic E-state index is 0.479. The third-order valence-electron chi connectivity index (χ3n) is 2.23. The fraction of sp³-hybridized carbons (Fsp3) is 0.455. The topological polar surface area (TPSA) is 26.0 Å². The summed E-state index contributed by atoms with van der Waals surface area (Å²) in [6.07, 6.45) is 2.31. The SMILES string of the molecule is CCC[C@@H](CCl)c1ccc(N)cc1. The highest BCUT2D eigenvalue weighted by molar-refractivity contribution is 6.18. The zero-order valence-electron chi connectivity index (χ0n) is 7.96. The number of nitrogen functional groups attached to an aromatic ring is 1. The van der Waals surface area contributed by atoms with Crippen LogP contribution in [0.2, 0.25) is 0 Å². The van der Waals surface area contributed by atoms with Gasteiger partial charge in [0.25, 0.3) is 0 Å². The van der Waals surface area contributed by atoms with Crippen molar-refractivity contribution in [2.45, 2.75) is 25.7 Å². The van der Waals surface area contributed by atoms with E-state index in [1.807, 2.05) is 12.1 Å². The van der Waals surface area contributed by atoms with Gasteiger partial charge in [0.1, 0.15) is 0 Å². The van der Waals surface area contributed by atoms with E-state index in [2.05, 4.69) is 19.1 Å². The van der Waals surface area contributed by atoms with E-state index in [0.717, 1.165) is 12.1 Å². The van der Waals surface area contributed by atoms with Crippen LogP contribution in [-0.4, -0.2) is 5.88 Å². The summed E-state index contributed by atoms with van der Waals surface area (Å²) in [4.78, 5) is 0. The van der Waals surface area contributed by atoms with Crippen molar-refractivity contribution >= 4 is 17.3 Å². The molecule has 0 saturated carbocycles. The number of hydrogen-bond acceptors (Lipinski definition) is 1. The van der Waals surface area contributed by atoms with Crippen LogP contribution in [0.1, 0.15) is 31.2 Å². The second-order valence-corrected chi connectivity index (χ2v) is 3.62. The molecule has 2 heteroatoms. The quantitative estimate of drug-likeness (QED) is 0.581. The second kappa shape index (κ2) is 5.13. The molecule has 0 amide bonds. The van der Waals surface area contributed by atoms with Gasteiger partial charge in [0.15, 0.2) is 0 Å². The molecule has 0 spiro atoms. The van der Waals surface area contributed by atoms with Gasteiger partial charge in [-0.1, -0.05) is 25.5 Å². The molecule has 0 fully saturated rings. The molecule has 1 aromatic rings. The first-order valence-corrected chi connectivity index (χ1v) is 5.22. The Hall–Kier alpha value is -0.690. The summed E-state index contributed by atoms with van der Waals surface area (Å²) in [6, 6.07) is 8.01. The highest BCUT2D eigenvalue weighted by Crippen LogP contribution is 2.23. The summed E-state index contributed by atoms with van der Waals surface area (Å²) in [5.41, 5.74) is 7.72. The molecular formula is C11H16ClN. The van der Waals surface area contributed by atoms with Crippen LogP contribution in [0.3, 0.4) is 0 Å². The molecule has 0 aliphatic carbocycles. The number of nitrogens with two attached hydrogens (primary N) is 1. The Labute approximate surface area is 84.9 Å². The van der Waals surface area contributed by atoms with Crippen molar-refractivity contribution in [1.82, 2.24) is 0 Å². The molecule has 13 heavy (non-hydrogen) atoms. The van der Waals surface area contributed by atoms with Crippen molar-refractivity contribution in [3.05, 3.63) is 29.8 Å². The molecule has 1 rings (SSSR count). The minimum absolute atomic E-state index is 0.479. The number of halogens is 1. The van der Waals surface area contributed by atoms with Gasteiger partial charge in [-0.15, -0.1) is 11.6 Å². The van der Waals surface area contributed by atoms with Crippen molar-refractivity contribution in [2.75, 3.05) is 11.6 Å². The second-order valence-electron chi connectivity index (χ2n) is 3.31. The third kappa shape index (κ3) is 2.92. The molecule has 0 aliphatic rings. The molecule has 1 atom stereocenters. The summed E-state index contributed by atoms with van der Waals surface area (Å²) in [6.45, 7) is 2.18. The van der Waals surface area contributed by atoms with Crippen LogP contribution in [0.25, 0.3) is 0 Å². The van der Waals surface area contributed by atoms with Crippen LogP contribution in [0, 0.1) is 0 Å². The van der Waals surface area contributed by atoms with Crippen molar-refractivity contribution in [3.63, 3.8) is 0 Å². The first-order valence-electron chi connectivity index (χ1n) is 4.69. The Balaban J connectivity index is 2.73. The number of benzene rings is 1. The van der Waals surface area contributed by atoms with Gasteiger partial charge in [-0.2, -0.15) is 0 Å². The van der Waals surface area contributed by atoms with E-state index in [4.69, 9.17) is 17.3 Å². The molecule has 0 saturated heterocycles. The summed E-state index contributed by atoms with van der Waals surface area (Å²) in [5.74, 6) is 1.17. The average Bonchev–Trinajstić information content (AvgIpc) is 2.16. The fourth-order valence-electron chi connectivity index (χ4n) is 1.45. The molecular weight excluding hydrogens is 182 g/mol. The van der Waals surface area contributed by atoms with E-state index in [1.54, 1.807) is 0 Å². The Bertz CT molecular complexity index is 243. The molecule has 2 N–H and O–H groups in total. The minimum Gasteiger partial charge on any atom is -0.399 e. The molecule has 72 valence electrons. The molecule has 0 heterocycles. The lowest BCUT2D eigenvalue weighted by Crippen LogP contribution is -2.00. The molecule has 0 unspecified atom stereocenters. The lowest BCUT2D eigenvalue weighted by Gasteiger charge is -2.12. The maximum Gasteiger partial charge on any atom is 0.0314 e. The molecule has 1 aromatic carbocycles. The van der Waals surface area contributed by atoms with Gasteiger partial charge in [-0.25, -0.2) is 0 Å². The van der Waals surface area contributed by atoms with Gasteiger partial charge in [0, 0.05) is 11.6 Å². The van der Waals surface area contributed by atoms with Gasteiger partial charge in [-0.05, 0) is 30.0 Å². The fourth-order valence-corrected chi connectivity index (χ4v) is 1.78. The molecule has 0 radical (unpaired) electrons. The third-order valence-corrected chi connectivity index (χ3v) is 2.60. The average molecular weight is 198 g/mol. The van der Waals surface area contributed by atoms with Crippen LogP contribution in [0.5, 0.6) is 0 Å². The molecule has 0 aromatic heterocycles. The van der Waals surface area contributed by atoms with E-state index in [9.17, 15) is 0 Å². The summed E-state index contributed by atoms with van der Waals surface area (Å²) < 4.78 is 0. The zero-order chi connectivity index (χ0) is 9.68. The zero-order valence-corrected chi connectivity index (χ0v) is 8.72. The maximum absolute atomic E-state index is 5.89. The Morgan fingerprint density at radius 1 is 1.31 bits per heavy atom. The van der Waals surface area contributed by atoms with Gasteiger partial charge in [0.2, 0.25) is 0 Å². The summed E-state index contributed by atoms with van der Waals surface area (Å²) >= 11 is 5.89. The molecule has 0 aliphatic heterocycles. The Morgan fingerprint density at radius 3 is 2.38 bits per heavy atom. The monoisotopic (exact) mass is 197 g/mol. The first kappa shape index (κ1) is 10.4. The Kier molecular flexibility index (Phi) is 4.10. The molecule has 0 bridgehead atoms. The predicted octanol–water partition coefficient (Wildman–Crippen LogP) is 3.39. The number of alkyl halides is 1. The van der Waals surface area contributed by atoms with Crippen molar-refractivity contribution in [1.29, 1.82) is 0 Å². The lowest BCUT2D eigenvalue weighted by molar-refractivity contribution is 0.670. The normalized spacial score (nSPS) is 12.8. The predicted molar refractivity (Wildman–Crippen MR) is 59.2 cm³/mol. The van der Waals surface area contributed by atoms with Crippen molar-refractivity contribution < 1.29 is 0 Å². The standard InChI is InChI=1S/C11H16ClN/c1-2-3-10(8-12)9-4-6-11(13)7-5-9/h4-7,10H,2-3,8,13H2,1H3/t10-/m0/s1. The maximum atomic E-state index is 5.89. The van der Waals surface area contributed by atoms with E-state index in [0.29, 0.717) is 11.8 Å². The van der Waals surface area contributed by atoms with Gasteiger partial charge in [-0.3, -0.25) is 0 Å². The lowest BCUT2D eigenvalue weighted by atomic mass is 9.96.